The lowest BCUT2D eigenvalue weighted by molar-refractivity contribution is 0.594. The minimum atomic E-state index is -4.22. The molecule has 0 aliphatic heterocycles. The molecule has 1 N–H and O–H groups in total. The maximum Gasteiger partial charge on any atom is 0.220 e. The van der Waals surface area contributed by atoms with E-state index in [-0.39, 0.29) is 14.8 Å². The van der Waals surface area contributed by atoms with E-state index in [1.54, 1.807) is 42.7 Å². The Morgan fingerprint density at radius 2 is 1.17 bits per heavy atom. The van der Waals surface area contributed by atoms with Gasteiger partial charge in [0.2, 0.25) is 19.7 Å². The third-order valence-corrected chi connectivity index (χ3v) is 8.77. The van der Waals surface area contributed by atoms with Crippen molar-refractivity contribution in [1.82, 2.24) is 5.32 Å². The van der Waals surface area contributed by atoms with E-state index in [0.717, 1.165) is 11.8 Å². The average Bonchev–Trinajstić information content (AvgIpc) is 2.60. The molecule has 24 heavy (non-hydrogen) atoms. The van der Waals surface area contributed by atoms with Crippen molar-refractivity contribution < 1.29 is 16.8 Å². The summed E-state index contributed by atoms with van der Waals surface area (Å²) in [6.45, 7) is 0. The van der Waals surface area contributed by atoms with Crippen molar-refractivity contribution in [2.75, 3.05) is 13.3 Å². The molecular weight excluding hydrogens is 366 g/mol. The Morgan fingerprint density at radius 3 is 1.46 bits per heavy atom. The van der Waals surface area contributed by atoms with E-state index in [4.69, 9.17) is 0 Å². The van der Waals surface area contributed by atoms with Crippen LogP contribution in [0.1, 0.15) is 0 Å². The molecule has 2 rings (SSSR count). The van der Waals surface area contributed by atoms with Gasteiger partial charge in [-0.25, -0.2) is 16.8 Å². The first-order valence-corrected chi connectivity index (χ1v) is 11.1. The number of rotatable bonds is 6. The van der Waals surface area contributed by atoms with Crippen LogP contribution < -0.4 is 5.32 Å². The third-order valence-electron chi connectivity index (χ3n) is 3.21. The van der Waals surface area contributed by atoms with Gasteiger partial charge in [0.15, 0.2) is 4.24 Å². The fourth-order valence-electron chi connectivity index (χ4n) is 2.09. The second-order valence-corrected chi connectivity index (χ2v) is 9.55. The number of thioether (sulfide) groups is 1. The van der Waals surface area contributed by atoms with Crippen LogP contribution in [0.15, 0.2) is 79.7 Å². The SMILES string of the molecule is CNC(SC)=C(S(=O)(=O)c1ccccc1)S(=O)(=O)c1ccccc1. The first-order chi connectivity index (χ1) is 11.4. The van der Waals surface area contributed by atoms with Crippen LogP contribution in [-0.2, 0) is 19.7 Å². The van der Waals surface area contributed by atoms with E-state index in [1.807, 2.05) is 0 Å². The van der Waals surface area contributed by atoms with Gasteiger partial charge in [-0.2, -0.15) is 0 Å². The van der Waals surface area contributed by atoms with Crippen molar-refractivity contribution in [2.24, 2.45) is 0 Å². The van der Waals surface area contributed by atoms with Crippen molar-refractivity contribution in [2.45, 2.75) is 9.79 Å². The lowest BCUT2D eigenvalue weighted by atomic mass is 10.4. The summed E-state index contributed by atoms with van der Waals surface area (Å²) in [5, 5.41) is 2.76. The van der Waals surface area contributed by atoms with Gasteiger partial charge in [0.05, 0.1) is 14.8 Å². The van der Waals surface area contributed by atoms with Gasteiger partial charge in [-0.15, -0.1) is 11.8 Å². The molecule has 128 valence electrons. The molecule has 2 aromatic carbocycles. The number of hydrogen-bond acceptors (Lipinski definition) is 6. The maximum atomic E-state index is 13.0. The molecule has 0 fully saturated rings. The van der Waals surface area contributed by atoms with Crippen molar-refractivity contribution in [3.05, 3.63) is 69.9 Å². The fraction of sp³-hybridized carbons (Fsp3) is 0.125. The topological polar surface area (TPSA) is 80.3 Å². The van der Waals surface area contributed by atoms with Crippen LogP contribution >= 0.6 is 11.8 Å². The van der Waals surface area contributed by atoms with E-state index in [2.05, 4.69) is 5.32 Å². The van der Waals surface area contributed by atoms with E-state index in [1.165, 1.54) is 31.3 Å². The van der Waals surface area contributed by atoms with Crippen molar-refractivity contribution in [1.29, 1.82) is 0 Å². The molecule has 0 bridgehead atoms. The third kappa shape index (κ3) is 3.50. The van der Waals surface area contributed by atoms with E-state index in [9.17, 15) is 16.8 Å². The maximum absolute atomic E-state index is 13.0. The smallest absolute Gasteiger partial charge is 0.220 e. The molecule has 5 nitrogen and oxygen atoms in total. The van der Waals surface area contributed by atoms with Gasteiger partial charge in [-0.3, -0.25) is 0 Å². The molecule has 0 atom stereocenters. The van der Waals surface area contributed by atoms with Crippen LogP contribution in [-0.4, -0.2) is 30.1 Å². The predicted octanol–water partition coefficient (Wildman–Crippen LogP) is 2.64. The van der Waals surface area contributed by atoms with Gasteiger partial charge in [0.25, 0.3) is 0 Å². The van der Waals surface area contributed by atoms with Gasteiger partial charge in [-0.1, -0.05) is 36.4 Å². The monoisotopic (exact) mass is 383 g/mol. The first-order valence-electron chi connectivity index (χ1n) is 6.92. The Kier molecular flexibility index (Phi) is 5.74. The van der Waals surface area contributed by atoms with Crippen LogP contribution in [0.3, 0.4) is 0 Å². The number of hydrogen-bond donors (Lipinski definition) is 1. The Balaban J connectivity index is 2.81. The van der Waals surface area contributed by atoms with Gasteiger partial charge >= 0.3 is 0 Å². The normalized spacial score (nSPS) is 11.8. The minimum absolute atomic E-state index is 0.0682. The fourth-order valence-corrected chi connectivity index (χ4v) is 7.50. The molecule has 0 saturated heterocycles. The Bertz CT molecular complexity index is 858. The molecule has 0 radical (unpaired) electrons. The summed E-state index contributed by atoms with van der Waals surface area (Å²) in [7, 11) is -6.95. The average molecular weight is 384 g/mol. The zero-order chi connectivity index (χ0) is 17.8. The van der Waals surface area contributed by atoms with Crippen LogP contribution in [0.25, 0.3) is 0 Å². The minimum Gasteiger partial charge on any atom is -0.381 e. The summed E-state index contributed by atoms with van der Waals surface area (Å²) >= 11 is 1.03. The van der Waals surface area contributed by atoms with Gasteiger partial charge in [0.1, 0.15) is 0 Å². The van der Waals surface area contributed by atoms with E-state index >= 15 is 0 Å². The van der Waals surface area contributed by atoms with Gasteiger partial charge in [0, 0.05) is 7.05 Å². The highest BCUT2D eigenvalue weighted by Crippen LogP contribution is 2.33. The first kappa shape index (κ1) is 18.6. The second-order valence-electron chi connectivity index (χ2n) is 4.70. The standard InChI is InChI=1S/C16H17NO4S3/c1-17-15(22-2)16(23(18,19)13-9-5-3-6-10-13)24(20,21)14-11-7-4-8-12-14/h3-12,17H,1-2H3. The Hall–Kier alpha value is -1.77. The summed E-state index contributed by atoms with van der Waals surface area (Å²) in [6, 6.07) is 15.1. The summed E-state index contributed by atoms with van der Waals surface area (Å²) in [5.41, 5.74) is 0. The van der Waals surface area contributed by atoms with Crippen molar-refractivity contribution in [3.8, 4) is 0 Å². The lowest BCUT2D eigenvalue weighted by Gasteiger charge is -2.15. The number of benzene rings is 2. The molecule has 0 aliphatic carbocycles. The van der Waals surface area contributed by atoms with Crippen LogP contribution in [0.4, 0.5) is 0 Å². The molecule has 0 spiro atoms. The Labute approximate surface area is 146 Å². The van der Waals surface area contributed by atoms with Crippen LogP contribution in [0.5, 0.6) is 0 Å². The number of sulfone groups is 2. The molecule has 8 heteroatoms. The lowest BCUT2D eigenvalue weighted by Crippen LogP contribution is -2.21. The zero-order valence-electron chi connectivity index (χ0n) is 13.1. The van der Waals surface area contributed by atoms with Gasteiger partial charge in [-0.05, 0) is 30.5 Å². The number of nitrogens with one attached hydrogen (secondary N) is 1. The Morgan fingerprint density at radius 1 is 0.792 bits per heavy atom. The van der Waals surface area contributed by atoms with Crippen LogP contribution in [0, 0.1) is 0 Å². The highest BCUT2D eigenvalue weighted by Gasteiger charge is 2.36. The summed E-state index contributed by atoms with van der Waals surface area (Å²) in [6.07, 6.45) is 1.62. The van der Waals surface area contributed by atoms with Crippen LogP contribution in [0.2, 0.25) is 0 Å². The molecule has 2 aromatic rings. The molecule has 0 aromatic heterocycles. The molecule has 0 aliphatic rings. The molecule has 0 unspecified atom stereocenters. The summed E-state index contributed by atoms with van der Waals surface area (Å²) in [5.74, 6) is 0. The summed E-state index contributed by atoms with van der Waals surface area (Å²) < 4.78 is 51.4. The quantitative estimate of drug-likeness (QED) is 0.826. The van der Waals surface area contributed by atoms with Crippen molar-refractivity contribution in [3.63, 3.8) is 0 Å². The molecular formula is C16H17NO4S3. The largest absolute Gasteiger partial charge is 0.381 e. The predicted molar refractivity (Wildman–Crippen MR) is 96.9 cm³/mol. The van der Waals surface area contributed by atoms with E-state index in [0.29, 0.717) is 0 Å². The molecule has 0 amide bonds. The highest BCUT2D eigenvalue weighted by molar-refractivity contribution is 8.16. The summed E-state index contributed by atoms with van der Waals surface area (Å²) in [4.78, 5) is -0.136. The highest BCUT2D eigenvalue weighted by atomic mass is 32.3. The second kappa shape index (κ2) is 7.42. The van der Waals surface area contributed by atoms with Crippen molar-refractivity contribution >= 4 is 31.4 Å². The zero-order valence-corrected chi connectivity index (χ0v) is 15.6. The molecule has 0 heterocycles. The molecule has 0 saturated carbocycles. The van der Waals surface area contributed by atoms with Gasteiger partial charge < -0.3 is 5.32 Å². The van der Waals surface area contributed by atoms with E-state index < -0.39 is 23.9 Å².